The number of hydrogen-bond donors (Lipinski definition) is 1. The number of hydrogen-bond acceptors (Lipinski definition) is 4. The molecule has 2 rings (SSSR count). The lowest BCUT2D eigenvalue weighted by Gasteiger charge is -2.32. The second-order valence-electron chi connectivity index (χ2n) is 7.10. The van der Waals surface area contributed by atoms with Crippen molar-refractivity contribution in [3.63, 3.8) is 0 Å². The van der Waals surface area contributed by atoms with Crippen molar-refractivity contribution in [3.05, 3.63) is 63.0 Å². The Bertz CT molecular complexity index is 779. The highest BCUT2D eigenvalue weighted by Crippen LogP contribution is 2.41. The van der Waals surface area contributed by atoms with Crippen molar-refractivity contribution in [3.8, 4) is 0 Å². The molecule has 2 aromatic rings. The van der Waals surface area contributed by atoms with Crippen LogP contribution >= 0.6 is 27.3 Å². The average Bonchev–Trinajstić information content (AvgIpc) is 3.02. The van der Waals surface area contributed by atoms with Crippen molar-refractivity contribution in [1.82, 2.24) is 9.71 Å². The normalized spacial score (nSPS) is 15.4. The first-order valence-corrected chi connectivity index (χ1v) is 11.3. The van der Waals surface area contributed by atoms with Crippen LogP contribution in [0.1, 0.15) is 56.0 Å². The summed E-state index contributed by atoms with van der Waals surface area (Å²) in [6.45, 7) is 9.31. The van der Waals surface area contributed by atoms with E-state index in [0.717, 1.165) is 10.9 Å². The summed E-state index contributed by atoms with van der Waals surface area (Å²) in [5.41, 5.74) is 1.92. The van der Waals surface area contributed by atoms with Crippen LogP contribution in [0.5, 0.6) is 0 Å². The van der Waals surface area contributed by atoms with Gasteiger partial charge in [-0.2, -0.15) is 0 Å². The minimum atomic E-state index is -1.41. The molecule has 27 heavy (non-hydrogen) atoms. The van der Waals surface area contributed by atoms with E-state index in [4.69, 9.17) is 0 Å². The van der Waals surface area contributed by atoms with Gasteiger partial charge in [0.15, 0.2) is 11.6 Å². The topological polar surface area (TPSA) is 48.0 Å². The van der Waals surface area contributed by atoms with E-state index < -0.39 is 39.7 Å². The highest BCUT2D eigenvalue weighted by molar-refractivity contribution is 9.10. The Morgan fingerprint density at radius 3 is 2.67 bits per heavy atom. The van der Waals surface area contributed by atoms with Crippen molar-refractivity contribution >= 4 is 38.6 Å². The number of benzene rings is 1. The van der Waals surface area contributed by atoms with Gasteiger partial charge < -0.3 is 4.55 Å². The molecule has 0 aliphatic rings. The number of thiazole rings is 1. The molecule has 0 aliphatic carbocycles. The summed E-state index contributed by atoms with van der Waals surface area (Å²) in [4.78, 5) is 5.01. The lowest BCUT2D eigenvalue weighted by atomic mass is 9.86. The fraction of sp³-hybridized carbons (Fsp3) is 0.421. The van der Waals surface area contributed by atoms with Crippen LogP contribution in [0, 0.1) is 11.6 Å². The van der Waals surface area contributed by atoms with Gasteiger partial charge in [-0.05, 0) is 61.2 Å². The summed E-state index contributed by atoms with van der Waals surface area (Å²) >= 11 is 3.40. The standard InChI is InChI=1S/C19H23BrF2N2OS2/c1-5-6-8-13(12-9-7-10-14(21)15(12)22)16(17-18(20)23-11-26-17)24-27(25)19(2,3)4/h5,7,9-11,13,16,24H,1,6,8H2,2-4H3/t13-,16-,27?/m0/s1. The third kappa shape index (κ3) is 5.60. The predicted molar refractivity (Wildman–Crippen MR) is 112 cm³/mol. The zero-order valence-electron chi connectivity index (χ0n) is 15.5. The summed E-state index contributed by atoms with van der Waals surface area (Å²) in [5.74, 6) is -2.21. The second-order valence-corrected chi connectivity index (χ2v) is 10.7. The molecule has 0 bridgehead atoms. The van der Waals surface area contributed by atoms with Crippen molar-refractivity contribution < 1.29 is 13.3 Å². The Morgan fingerprint density at radius 2 is 2.11 bits per heavy atom. The predicted octanol–water partition coefficient (Wildman–Crippen LogP) is 6.03. The highest BCUT2D eigenvalue weighted by Gasteiger charge is 2.37. The fourth-order valence-corrected chi connectivity index (χ4v) is 5.16. The minimum Gasteiger partial charge on any atom is -0.598 e. The summed E-state index contributed by atoms with van der Waals surface area (Å²) in [6.07, 6.45) is 2.87. The van der Waals surface area contributed by atoms with Gasteiger partial charge in [-0.25, -0.2) is 13.8 Å². The molecule has 0 saturated heterocycles. The number of halogens is 3. The third-order valence-corrected chi connectivity index (χ3v) is 7.47. The molecule has 1 heterocycles. The van der Waals surface area contributed by atoms with Gasteiger partial charge in [-0.15, -0.1) is 22.6 Å². The molecular weight excluding hydrogens is 454 g/mol. The van der Waals surface area contributed by atoms with E-state index in [-0.39, 0.29) is 5.56 Å². The Labute approximate surface area is 174 Å². The Kier molecular flexibility index (Phi) is 8.00. The molecule has 0 saturated carbocycles. The number of allylic oxidation sites excluding steroid dienone is 1. The van der Waals surface area contributed by atoms with E-state index >= 15 is 0 Å². The average molecular weight is 477 g/mol. The third-order valence-electron chi connectivity index (χ3n) is 4.09. The summed E-state index contributed by atoms with van der Waals surface area (Å²) in [6, 6.07) is 3.68. The molecule has 3 atom stereocenters. The Balaban J connectivity index is 2.54. The van der Waals surface area contributed by atoms with Crippen LogP contribution in [0.3, 0.4) is 0 Å². The lowest BCUT2D eigenvalue weighted by molar-refractivity contribution is 0.434. The van der Waals surface area contributed by atoms with Crippen LogP contribution in [0.25, 0.3) is 0 Å². The van der Waals surface area contributed by atoms with E-state index in [9.17, 15) is 13.3 Å². The lowest BCUT2D eigenvalue weighted by Crippen LogP contribution is -2.43. The van der Waals surface area contributed by atoms with E-state index in [1.165, 1.54) is 17.4 Å². The van der Waals surface area contributed by atoms with Gasteiger partial charge >= 0.3 is 0 Å². The summed E-state index contributed by atoms with van der Waals surface area (Å²) in [5, 5.41) is 0. The smallest absolute Gasteiger partial charge is 0.162 e. The molecule has 1 aromatic carbocycles. The van der Waals surface area contributed by atoms with Gasteiger partial charge in [0, 0.05) is 17.3 Å². The minimum absolute atomic E-state index is 0.251. The van der Waals surface area contributed by atoms with Crippen molar-refractivity contribution in [1.29, 1.82) is 0 Å². The number of nitrogens with one attached hydrogen (secondary N) is 1. The van der Waals surface area contributed by atoms with Crippen LogP contribution < -0.4 is 4.72 Å². The molecule has 1 aromatic heterocycles. The Hall–Kier alpha value is -0.800. The largest absolute Gasteiger partial charge is 0.598 e. The van der Waals surface area contributed by atoms with Crippen molar-refractivity contribution in [2.75, 3.05) is 0 Å². The van der Waals surface area contributed by atoms with E-state index in [1.807, 2.05) is 20.8 Å². The maximum atomic E-state index is 14.6. The zero-order valence-corrected chi connectivity index (χ0v) is 18.7. The maximum absolute atomic E-state index is 14.6. The van der Waals surface area contributed by atoms with Gasteiger partial charge in [0.2, 0.25) is 0 Å². The molecule has 0 fully saturated rings. The number of nitrogens with zero attached hydrogens (tertiary/aromatic N) is 1. The molecule has 0 aliphatic heterocycles. The first kappa shape index (κ1) is 22.5. The molecule has 1 N–H and O–H groups in total. The van der Waals surface area contributed by atoms with E-state index in [0.29, 0.717) is 17.4 Å². The van der Waals surface area contributed by atoms with Gasteiger partial charge in [0.25, 0.3) is 0 Å². The molecule has 8 heteroatoms. The summed E-state index contributed by atoms with van der Waals surface area (Å²) in [7, 11) is 0. The second kappa shape index (κ2) is 9.60. The van der Waals surface area contributed by atoms with E-state index in [1.54, 1.807) is 17.7 Å². The summed E-state index contributed by atoms with van der Waals surface area (Å²) < 4.78 is 44.6. The quantitative estimate of drug-likeness (QED) is 0.373. The first-order chi connectivity index (χ1) is 12.7. The van der Waals surface area contributed by atoms with Crippen LogP contribution in [0.2, 0.25) is 0 Å². The zero-order chi connectivity index (χ0) is 20.2. The number of aromatic nitrogens is 1. The fourth-order valence-electron chi connectivity index (χ4n) is 2.66. The molecule has 3 nitrogen and oxygen atoms in total. The van der Waals surface area contributed by atoms with Crippen LogP contribution in [0.15, 0.2) is 41.0 Å². The van der Waals surface area contributed by atoms with Gasteiger partial charge in [-0.1, -0.05) is 18.2 Å². The van der Waals surface area contributed by atoms with Crippen molar-refractivity contribution in [2.45, 2.75) is 50.3 Å². The molecule has 1 unspecified atom stereocenters. The Morgan fingerprint density at radius 1 is 1.41 bits per heavy atom. The molecule has 0 spiro atoms. The van der Waals surface area contributed by atoms with E-state index in [2.05, 4.69) is 32.2 Å². The van der Waals surface area contributed by atoms with Gasteiger partial charge in [-0.3, -0.25) is 0 Å². The molecule has 0 radical (unpaired) electrons. The highest BCUT2D eigenvalue weighted by atomic mass is 79.9. The first-order valence-electron chi connectivity index (χ1n) is 8.48. The molecule has 148 valence electrons. The van der Waals surface area contributed by atoms with Crippen LogP contribution in [-0.4, -0.2) is 14.3 Å². The number of rotatable bonds is 8. The monoisotopic (exact) mass is 476 g/mol. The molecular formula is C19H23BrF2N2OS2. The van der Waals surface area contributed by atoms with Crippen LogP contribution in [0.4, 0.5) is 8.78 Å². The molecule has 0 amide bonds. The van der Waals surface area contributed by atoms with Crippen molar-refractivity contribution in [2.24, 2.45) is 0 Å². The SMILES string of the molecule is C=CCC[C@@H](c1cccc(F)c1F)[C@H](N[S+]([O-])C(C)(C)C)c1scnc1Br. The van der Waals surface area contributed by atoms with Crippen LogP contribution in [-0.2, 0) is 11.4 Å². The van der Waals surface area contributed by atoms with Gasteiger partial charge in [0.05, 0.1) is 16.4 Å². The maximum Gasteiger partial charge on any atom is 0.162 e. The van der Waals surface area contributed by atoms with Gasteiger partial charge in [0.1, 0.15) is 9.35 Å².